The van der Waals surface area contributed by atoms with Gasteiger partial charge in [-0.1, -0.05) is 23.7 Å². The maximum absolute atomic E-state index is 9.54. The summed E-state index contributed by atoms with van der Waals surface area (Å²) in [5, 5.41) is 11.3. The van der Waals surface area contributed by atoms with Crippen LogP contribution >= 0.6 is 11.6 Å². The molecule has 21 heavy (non-hydrogen) atoms. The first-order chi connectivity index (χ1) is 10.2. The molecule has 0 aliphatic heterocycles. The zero-order chi connectivity index (χ0) is 14.8. The number of methoxy groups -OCH3 is 1. The van der Waals surface area contributed by atoms with Gasteiger partial charge in [-0.25, -0.2) is 0 Å². The lowest BCUT2D eigenvalue weighted by Gasteiger charge is -2.06. The molecule has 1 N–H and O–H groups in total. The second-order valence-electron chi connectivity index (χ2n) is 4.95. The second-order valence-corrected chi connectivity index (χ2v) is 5.39. The number of hydrogen-bond donors (Lipinski definition) is 1. The van der Waals surface area contributed by atoms with Crippen LogP contribution in [0.25, 0.3) is 10.9 Å². The summed E-state index contributed by atoms with van der Waals surface area (Å²) in [6.07, 6.45) is 1.98. The van der Waals surface area contributed by atoms with Gasteiger partial charge < -0.3 is 14.4 Å². The minimum absolute atomic E-state index is 0.0112. The first-order valence-electron chi connectivity index (χ1n) is 6.72. The zero-order valence-corrected chi connectivity index (χ0v) is 12.5. The summed E-state index contributed by atoms with van der Waals surface area (Å²) < 4.78 is 7.39. The molecule has 0 spiro atoms. The van der Waals surface area contributed by atoms with Crippen LogP contribution in [0.2, 0.25) is 5.02 Å². The monoisotopic (exact) mass is 301 g/mol. The second kappa shape index (κ2) is 5.80. The van der Waals surface area contributed by atoms with E-state index in [9.17, 15) is 5.11 Å². The average molecular weight is 302 g/mol. The molecule has 0 amide bonds. The Morgan fingerprint density at radius 3 is 2.57 bits per heavy atom. The van der Waals surface area contributed by atoms with Gasteiger partial charge in [-0.2, -0.15) is 0 Å². The summed E-state index contributed by atoms with van der Waals surface area (Å²) in [6.45, 7) is 0.747. The van der Waals surface area contributed by atoms with Crippen LogP contribution in [0.5, 0.6) is 5.75 Å². The highest BCUT2D eigenvalue weighted by molar-refractivity contribution is 6.30. The third-order valence-electron chi connectivity index (χ3n) is 3.61. The molecule has 0 saturated heterocycles. The highest BCUT2D eigenvalue weighted by atomic mass is 35.5. The Balaban J connectivity index is 2.04. The van der Waals surface area contributed by atoms with Gasteiger partial charge >= 0.3 is 0 Å². The number of aromatic nitrogens is 1. The van der Waals surface area contributed by atoms with Crippen LogP contribution in [-0.4, -0.2) is 16.8 Å². The molecule has 0 saturated carbocycles. The number of halogens is 1. The van der Waals surface area contributed by atoms with E-state index in [0.717, 1.165) is 39.3 Å². The Kier molecular flexibility index (Phi) is 3.86. The van der Waals surface area contributed by atoms with Crippen LogP contribution in [0.15, 0.2) is 48.7 Å². The number of hydrogen-bond acceptors (Lipinski definition) is 2. The Bertz CT molecular complexity index is 762. The standard InChI is InChI=1S/C17H16ClNO2/c1-21-15-6-7-17-16(8-15)13(11-20)10-19(17)9-12-2-4-14(18)5-3-12/h2-8,10,20H,9,11H2,1H3. The summed E-state index contributed by atoms with van der Waals surface area (Å²) in [7, 11) is 1.64. The maximum Gasteiger partial charge on any atom is 0.119 e. The molecule has 0 radical (unpaired) electrons. The molecular formula is C17H16ClNO2. The number of nitrogens with zero attached hydrogens (tertiary/aromatic N) is 1. The fourth-order valence-corrected chi connectivity index (χ4v) is 2.65. The first-order valence-corrected chi connectivity index (χ1v) is 7.10. The molecule has 3 nitrogen and oxygen atoms in total. The van der Waals surface area contributed by atoms with Crippen molar-refractivity contribution in [2.75, 3.05) is 7.11 Å². The molecule has 3 rings (SSSR count). The zero-order valence-electron chi connectivity index (χ0n) is 11.7. The number of ether oxygens (including phenoxy) is 1. The maximum atomic E-state index is 9.54. The molecular weight excluding hydrogens is 286 g/mol. The van der Waals surface area contributed by atoms with Crippen molar-refractivity contribution < 1.29 is 9.84 Å². The van der Waals surface area contributed by atoms with Crippen LogP contribution in [-0.2, 0) is 13.2 Å². The number of aliphatic hydroxyl groups is 1. The highest BCUT2D eigenvalue weighted by Crippen LogP contribution is 2.27. The summed E-state index contributed by atoms with van der Waals surface area (Å²) in [5.74, 6) is 0.793. The van der Waals surface area contributed by atoms with Gasteiger partial charge in [0.15, 0.2) is 0 Å². The summed E-state index contributed by atoms with van der Waals surface area (Å²) >= 11 is 5.92. The van der Waals surface area contributed by atoms with E-state index in [1.54, 1.807) is 7.11 Å². The Morgan fingerprint density at radius 1 is 1.14 bits per heavy atom. The van der Waals surface area contributed by atoms with Crippen molar-refractivity contribution in [1.29, 1.82) is 0 Å². The van der Waals surface area contributed by atoms with Crippen molar-refractivity contribution in [3.05, 3.63) is 64.8 Å². The molecule has 4 heteroatoms. The van der Waals surface area contributed by atoms with Crippen LogP contribution in [0.4, 0.5) is 0 Å². The van der Waals surface area contributed by atoms with Crippen molar-refractivity contribution in [3.63, 3.8) is 0 Å². The predicted octanol–water partition coefficient (Wildman–Crippen LogP) is 3.84. The van der Waals surface area contributed by atoms with Crippen molar-refractivity contribution >= 4 is 22.5 Å². The van der Waals surface area contributed by atoms with Gasteiger partial charge in [0, 0.05) is 34.2 Å². The van der Waals surface area contributed by atoms with Crippen LogP contribution in [0, 0.1) is 0 Å². The molecule has 1 heterocycles. The average Bonchev–Trinajstić information content (AvgIpc) is 2.86. The largest absolute Gasteiger partial charge is 0.497 e. The van der Waals surface area contributed by atoms with Gasteiger partial charge in [0.25, 0.3) is 0 Å². The number of fused-ring (bicyclic) bond motifs is 1. The number of aliphatic hydroxyl groups excluding tert-OH is 1. The van der Waals surface area contributed by atoms with E-state index < -0.39 is 0 Å². The summed E-state index contributed by atoms with van der Waals surface area (Å²) in [4.78, 5) is 0. The fraction of sp³-hybridized carbons (Fsp3) is 0.176. The molecule has 0 aliphatic carbocycles. The normalized spacial score (nSPS) is 11.0. The van der Waals surface area contributed by atoms with Crippen molar-refractivity contribution in [2.24, 2.45) is 0 Å². The lowest BCUT2D eigenvalue weighted by Crippen LogP contribution is -1.97. The highest BCUT2D eigenvalue weighted by Gasteiger charge is 2.09. The van der Waals surface area contributed by atoms with E-state index in [0.29, 0.717) is 0 Å². The molecule has 3 aromatic rings. The minimum atomic E-state index is 0.0112. The molecule has 108 valence electrons. The third-order valence-corrected chi connectivity index (χ3v) is 3.86. The Hall–Kier alpha value is -1.97. The predicted molar refractivity (Wildman–Crippen MR) is 85.0 cm³/mol. The Morgan fingerprint density at radius 2 is 1.90 bits per heavy atom. The molecule has 0 atom stereocenters. The fourth-order valence-electron chi connectivity index (χ4n) is 2.52. The third kappa shape index (κ3) is 2.75. The number of benzene rings is 2. The van der Waals surface area contributed by atoms with E-state index in [1.165, 1.54) is 0 Å². The molecule has 0 bridgehead atoms. The molecule has 0 fully saturated rings. The van der Waals surface area contributed by atoms with E-state index in [2.05, 4.69) is 4.57 Å². The van der Waals surface area contributed by atoms with Gasteiger partial charge in [0.1, 0.15) is 5.75 Å². The van der Waals surface area contributed by atoms with Gasteiger partial charge in [-0.3, -0.25) is 0 Å². The number of rotatable bonds is 4. The van der Waals surface area contributed by atoms with Gasteiger partial charge in [0.2, 0.25) is 0 Å². The van der Waals surface area contributed by atoms with Crippen molar-refractivity contribution in [3.8, 4) is 5.75 Å². The summed E-state index contributed by atoms with van der Waals surface area (Å²) in [5.41, 5.74) is 3.14. The lowest BCUT2D eigenvalue weighted by molar-refractivity contribution is 0.283. The molecule has 0 aliphatic rings. The molecule has 2 aromatic carbocycles. The van der Waals surface area contributed by atoms with E-state index in [-0.39, 0.29) is 6.61 Å². The van der Waals surface area contributed by atoms with E-state index in [1.807, 2.05) is 48.7 Å². The van der Waals surface area contributed by atoms with E-state index >= 15 is 0 Å². The minimum Gasteiger partial charge on any atom is -0.497 e. The molecule has 1 aromatic heterocycles. The van der Waals surface area contributed by atoms with Gasteiger partial charge in [0.05, 0.1) is 13.7 Å². The van der Waals surface area contributed by atoms with Crippen LogP contribution in [0.1, 0.15) is 11.1 Å². The van der Waals surface area contributed by atoms with Crippen LogP contribution in [0.3, 0.4) is 0 Å². The van der Waals surface area contributed by atoms with Gasteiger partial charge in [-0.15, -0.1) is 0 Å². The SMILES string of the molecule is COc1ccc2c(c1)c(CO)cn2Cc1ccc(Cl)cc1. The van der Waals surface area contributed by atoms with E-state index in [4.69, 9.17) is 16.3 Å². The van der Waals surface area contributed by atoms with Crippen molar-refractivity contribution in [2.45, 2.75) is 13.2 Å². The van der Waals surface area contributed by atoms with Crippen molar-refractivity contribution in [1.82, 2.24) is 4.57 Å². The van der Waals surface area contributed by atoms with Gasteiger partial charge in [-0.05, 0) is 35.9 Å². The smallest absolute Gasteiger partial charge is 0.119 e. The lowest BCUT2D eigenvalue weighted by atomic mass is 10.2. The first kappa shape index (κ1) is 14.0. The summed E-state index contributed by atoms with van der Waals surface area (Å²) in [6, 6.07) is 13.7. The molecule has 0 unspecified atom stereocenters. The van der Waals surface area contributed by atoms with Crippen LogP contribution < -0.4 is 4.74 Å². The quantitative estimate of drug-likeness (QED) is 0.794. The topological polar surface area (TPSA) is 34.4 Å². The Labute approximate surface area is 128 Å².